The second kappa shape index (κ2) is 9.90. The molecule has 0 bridgehead atoms. The van der Waals surface area contributed by atoms with Crippen LogP contribution in [0.2, 0.25) is 5.02 Å². The third-order valence-corrected chi connectivity index (χ3v) is 6.11. The van der Waals surface area contributed by atoms with Crippen LogP contribution < -0.4 is 9.54 Å². The van der Waals surface area contributed by atoms with E-state index < -0.39 is 0 Å². The van der Waals surface area contributed by atoms with Crippen molar-refractivity contribution >= 4 is 39.1 Å². The van der Waals surface area contributed by atoms with Crippen LogP contribution in [0.15, 0.2) is 54.0 Å². The Bertz CT molecular complexity index is 1080. The van der Waals surface area contributed by atoms with Crippen molar-refractivity contribution < 1.29 is 9.53 Å². The first-order valence-electron chi connectivity index (χ1n) is 9.76. The number of aromatic nitrogens is 1. The molecule has 0 aliphatic heterocycles. The number of hydrogen-bond donors (Lipinski definition) is 0. The molecule has 0 fully saturated rings. The maximum Gasteiger partial charge on any atom is 0.279 e. The molecule has 0 radical (unpaired) electrons. The summed E-state index contributed by atoms with van der Waals surface area (Å²) in [7, 11) is 0. The minimum atomic E-state index is -0.282. The maximum absolute atomic E-state index is 12.7. The summed E-state index contributed by atoms with van der Waals surface area (Å²) in [4.78, 5) is 17.8. The summed E-state index contributed by atoms with van der Waals surface area (Å²) in [6, 6.07) is 11.0. The molecule has 0 saturated carbocycles. The molecule has 152 valence electrons. The molecule has 1 aromatic heterocycles. The summed E-state index contributed by atoms with van der Waals surface area (Å²) in [5.74, 6) is 0.488. The minimum absolute atomic E-state index is 0.282. The highest BCUT2D eigenvalue weighted by Gasteiger charge is 2.12. The van der Waals surface area contributed by atoms with Crippen LogP contribution in [-0.4, -0.2) is 17.1 Å². The van der Waals surface area contributed by atoms with Gasteiger partial charge in [0, 0.05) is 17.1 Å². The van der Waals surface area contributed by atoms with Crippen LogP contribution in [-0.2, 0) is 6.54 Å². The van der Waals surface area contributed by atoms with Crippen molar-refractivity contribution in [3.8, 4) is 5.75 Å². The third kappa shape index (κ3) is 4.98. The van der Waals surface area contributed by atoms with Gasteiger partial charge < -0.3 is 9.30 Å². The summed E-state index contributed by atoms with van der Waals surface area (Å²) in [6.07, 6.45) is 5.14. The van der Waals surface area contributed by atoms with Crippen molar-refractivity contribution in [2.75, 3.05) is 6.61 Å². The highest BCUT2D eigenvalue weighted by molar-refractivity contribution is 7.16. The number of unbranched alkanes of at least 4 members (excludes halogenated alkanes) is 2. The first-order valence-corrected chi connectivity index (χ1v) is 11.0. The Kier molecular flexibility index (Phi) is 7.29. The van der Waals surface area contributed by atoms with Crippen molar-refractivity contribution in [2.45, 2.75) is 39.7 Å². The molecule has 0 unspecified atom stereocenters. The van der Waals surface area contributed by atoms with E-state index in [1.165, 1.54) is 11.3 Å². The van der Waals surface area contributed by atoms with Gasteiger partial charge in [-0.05, 0) is 55.3 Å². The van der Waals surface area contributed by atoms with Crippen molar-refractivity contribution in [2.24, 2.45) is 4.99 Å². The van der Waals surface area contributed by atoms with Gasteiger partial charge in [-0.2, -0.15) is 4.99 Å². The number of rotatable bonds is 8. The number of halogens is 1. The predicted octanol–water partition coefficient (Wildman–Crippen LogP) is 6.16. The van der Waals surface area contributed by atoms with Gasteiger partial charge in [-0.15, -0.1) is 6.58 Å². The number of carbonyl (C=O) groups excluding carboxylic acids is 1. The van der Waals surface area contributed by atoms with Crippen LogP contribution in [0.1, 0.15) is 42.1 Å². The molecule has 0 spiro atoms. The fourth-order valence-corrected chi connectivity index (χ4v) is 4.34. The molecule has 2 aromatic carbocycles. The van der Waals surface area contributed by atoms with E-state index in [1.807, 2.05) is 35.8 Å². The Morgan fingerprint density at radius 3 is 2.69 bits per heavy atom. The van der Waals surface area contributed by atoms with Gasteiger partial charge in [-0.3, -0.25) is 4.79 Å². The Hall–Kier alpha value is -2.37. The van der Waals surface area contributed by atoms with Gasteiger partial charge in [0.05, 0.1) is 16.8 Å². The zero-order valence-electron chi connectivity index (χ0n) is 16.8. The first kappa shape index (κ1) is 21.3. The Morgan fingerprint density at radius 2 is 2.00 bits per heavy atom. The summed E-state index contributed by atoms with van der Waals surface area (Å²) < 4.78 is 8.73. The number of nitrogens with zero attached hydrogens (tertiary/aromatic N) is 2. The average Bonchev–Trinajstić information content (AvgIpc) is 3.06. The maximum atomic E-state index is 12.7. The average molecular weight is 429 g/mol. The molecule has 0 aliphatic rings. The number of allylic oxidation sites excluding steroid dienone is 1. The number of amides is 1. The van der Waals surface area contributed by atoms with Crippen molar-refractivity contribution in [3.63, 3.8) is 0 Å². The second-order valence-corrected chi connectivity index (χ2v) is 8.22. The molecule has 1 heterocycles. The number of thiazole rings is 1. The van der Waals surface area contributed by atoms with Crippen LogP contribution in [0.5, 0.6) is 5.75 Å². The summed E-state index contributed by atoms with van der Waals surface area (Å²) in [6.45, 7) is 9.21. The fraction of sp³-hybridized carbons (Fsp3) is 0.304. The lowest BCUT2D eigenvalue weighted by molar-refractivity contribution is 0.0998. The number of hydrogen-bond acceptors (Lipinski definition) is 3. The van der Waals surface area contributed by atoms with E-state index in [9.17, 15) is 4.79 Å². The van der Waals surface area contributed by atoms with Crippen LogP contribution in [0, 0.1) is 6.92 Å². The summed E-state index contributed by atoms with van der Waals surface area (Å²) in [5.41, 5.74) is 2.49. The van der Waals surface area contributed by atoms with Gasteiger partial charge in [-0.1, -0.05) is 48.8 Å². The zero-order valence-corrected chi connectivity index (χ0v) is 18.4. The molecule has 6 heteroatoms. The minimum Gasteiger partial charge on any atom is -0.494 e. The van der Waals surface area contributed by atoms with Crippen LogP contribution in [0.4, 0.5) is 0 Å². The molecule has 0 saturated heterocycles. The third-order valence-electron chi connectivity index (χ3n) is 4.66. The Labute approximate surface area is 180 Å². The highest BCUT2D eigenvalue weighted by Crippen LogP contribution is 2.27. The number of ether oxygens (including phenoxy) is 1. The monoisotopic (exact) mass is 428 g/mol. The topological polar surface area (TPSA) is 43.6 Å². The normalized spacial score (nSPS) is 11.8. The molecular weight excluding hydrogens is 404 g/mol. The molecule has 0 N–H and O–H groups in total. The van der Waals surface area contributed by atoms with Gasteiger partial charge in [0.15, 0.2) is 4.80 Å². The van der Waals surface area contributed by atoms with E-state index in [4.69, 9.17) is 16.3 Å². The van der Waals surface area contributed by atoms with E-state index >= 15 is 0 Å². The molecular formula is C23H25ClN2O2S. The standard InChI is InChI=1S/C23H25ClN2O2S/c1-4-6-7-15-28-18-10-8-17(9-11-18)22(27)25-23-26(14-5-2)21-16(3)19(24)12-13-20(21)29-23/h5,8-13H,2,4,6-7,14-15H2,1,3H3. The van der Waals surface area contributed by atoms with Gasteiger partial charge in [0.1, 0.15) is 5.75 Å². The smallest absolute Gasteiger partial charge is 0.279 e. The van der Waals surface area contributed by atoms with Gasteiger partial charge >= 0.3 is 0 Å². The Morgan fingerprint density at radius 1 is 1.24 bits per heavy atom. The van der Waals surface area contributed by atoms with Crippen LogP contribution in [0.3, 0.4) is 0 Å². The predicted molar refractivity (Wildman–Crippen MR) is 121 cm³/mol. The van der Waals surface area contributed by atoms with Gasteiger partial charge in [-0.25, -0.2) is 0 Å². The molecule has 29 heavy (non-hydrogen) atoms. The number of benzene rings is 2. The van der Waals surface area contributed by atoms with E-state index in [0.717, 1.165) is 40.8 Å². The highest BCUT2D eigenvalue weighted by atomic mass is 35.5. The molecule has 1 amide bonds. The van der Waals surface area contributed by atoms with E-state index in [0.29, 0.717) is 28.5 Å². The van der Waals surface area contributed by atoms with Crippen LogP contribution in [0.25, 0.3) is 10.2 Å². The number of carbonyl (C=O) groups is 1. The SMILES string of the molecule is C=CCn1c(=NC(=O)c2ccc(OCCCCC)cc2)sc2ccc(Cl)c(C)c21. The number of aryl methyl sites for hydroxylation is 1. The van der Waals surface area contributed by atoms with Gasteiger partial charge in [0.25, 0.3) is 5.91 Å². The fourth-order valence-electron chi connectivity index (χ4n) is 3.09. The van der Waals surface area contributed by atoms with Crippen molar-refractivity contribution in [1.29, 1.82) is 0 Å². The Balaban J connectivity index is 1.88. The van der Waals surface area contributed by atoms with E-state index in [-0.39, 0.29) is 5.91 Å². The second-order valence-electron chi connectivity index (χ2n) is 6.80. The first-order chi connectivity index (χ1) is 14.0. The summed E-state index contributed by atoms with van der Waals surface area (Å²) in [5, 5.41) is 0.695. The van der Waals surface area contributed by atoms with Crippen LogP contribution >= 0.6 is 22.9 Å². The van der Waals surface area contributed by atoms with Crippen molar-refractivity contribution in [1.82, 2.24) is 4.57 Å². The molecule has 0 atom stereocenters. The summed E-state index contributed by atoms with van der Waals surface area (Å²) >= 11 is 7.77. The lowest BCUT2D eigenvalue weighted by atomic mass is 10.2. The van der Waals surface area contributed by atoms with Gasteiger partial charge in [0.2, 0.25) is 0 Å². The molecule has 3 rings (SSSR count). The quantitative estimate of drug-likeness (QED) is 0.318. The van der Waals surface area contributed by atoms with E-state index in [2.05, 4.69) is 18.5 Å². The van der Waals surface area contributed by atoms with Crippen molar-refractivity contribution in [3.05, 3.63) is 70.0 Å². The molecule has 0 aliphatic carbocycles. The molecule has 4 nitrogen and oxygen atoms in total. The zero-order chi connectivity index (χ0) is 20.8. The molecule has 3 aromatic rings. The lowest BCUT2D eigenvalue weighted by Crippen LogP contribution is -2.16. The largest absolute Gasteiger partial charge is 0.494 e. The number of fused-ring (bicyclic) bond motifs is 1. The van der Waals surface area contributed by atoms with E-state index in [1.54, 1.807) is 18.2 Å². The lowest BCUT2D eigenvalue weighted by Gasteiger charge is -2.06.